The van der Waals surface area contributed by atoms with E-state index in [0.717, 1.165) is 0 Å². The van der Waals surface area contributed by atoms with Gasteiger partial charge in [-0.1, -0.05) is 0 Å². The molecule has 0 amide bonds. The van der Waals surface area contributed by atoms with Gasteiger partial charge in [0.05, 0.1) is 12.0 Å². The monoisotopic (exact) mass is 381 g/mol. The van der Waals surface area contributed by atoms with Crippen molar-refractivity contribution in [3.63, 3.8) is 0 Å². The molecule has 2 rings (SSSR count). The molecule has 2 aromatic rings. The minimum Gasteiger partial charge on any atom is -0.480 e. The van der Waals surface area contributed by atoms with Crippen LogP contribution in [0.2, 0.25) is 0 Å². The second-order valence-electron chi connectivity index (χ2n) is 4.80. The quantitative estimate of drug-likeness (QED) is 0.705. The molecule has 11 heteroatoms. The van der Waals surface area contributed by atoms with Crippen molar-refractivity contribution in [2.75, 3.05) is 17.1 Å². The lowest BCUT2D eigenvalue weighted by atomic mass is 10.2. The van der Waals surface area contributed by atoms with Crippen molar-refractivity contribution in [2.24, 2.45) is 0 Å². The van der Waals surface area contributed by atoms with E-state index in [1.165, 1.54) is 43.5 Å². The molecule has 0 saturated heterocycles. The average Bonchev–Trinajstić information content (AvgIpc) is 2.68. The first-order valence-electron chi connectivity index (χ1n) is 7.15. The summed E-state index contributed by atoms with van der Waals surface area (Å²) in [5.41, 5.74) is -0.283. The van der Waals surface area contributed by atoms with Crippen LogP contribution < -0.4 is 14.8 Å². The smallest absolute Gasteiger partial charge is 0.263 e. The Morgan fingerprint density at radius 3 is 2.15 bits per heavy atom. The second-order valence-corrected chi connectivity index (χ2v) is 6.48. The Bertz CT molecular complexity index is 1070. The van der Waals surface area contributed by atoms with Gasteiger partial charge in [-0.25, -0.2) is 8.42 Å². The first-order valence-corrected chi connectivity index (χ1v) is 8.64. The van der Waals surface area contributed by atoms with Crippen molar-refractivity contribution < 1.29 is 13.2 Å². The molecule has 1 aromatic heterocycles. The van der Waals surface area contributed by atoms with Gasteiger partial charge in [0.15, 0.2) is 11.4 Å². The number of hydrogen-bond donors (Lipinski definition) is 2. The fourth-order valence-corrected chi connectivity index (χ4v) is 2.82. The van der Waals surface area contributed by atoms with Gasteiger partial charge in [-0.2, -0.15) is 15.8 Å². The van der Waals surface area contributed by atoms with Crippen LogP contribution in [0.5, 0.6) is 5.88 Å². The van der Waals surface area contributed by atoms with Crippen LogP contribution in [0.4, 0.5) is 11.5 Å². The van der Waals surface area contributed by atoms with Gasteiger partial charge in [0.2, 0.25) is 5.88 Å². The van der Waals surface area contributed by atoms with Crippen LogP contribution in [0, 0.1) is 34.0 Å². The highest BCUT2D eigenvalue weighted by molar-refractivity contribution is 7.92. The number of anilines is 2. The maximum absolute atomic E-state index is 12.4. The summed E-state index contributed by atoms with van der Waals surface area (Å²) in [5.74, 6) is 0.254. The summed E-state index contributed by atoms with van der Waals surface area (Å²) >= 11 is 0. The molecule has 0 radical (unpaired) electrons. The maximum Gasteiger partial charge on any atom is 0.263 e. The topological polar surface area (TPSA) is 165 Å². The number of ether oxygens (including phenoxy) is 1. The number of rotatable bonds is 6. The molecule has 134 valence electrons. The molecule has 0 saturated carbocycles. The lowest BCUT2D eigenvalue weighted by Crippen LogP contribution is -2.14. The third kappa shape index (κ3) is 4.69. The van der Waals surface area contributed by atoms with E-state index in [4.69, 9.17) is 20.5 Å². The molecule has 1 aromatic carbocycles. The molecule has 0 spiro atoms. The normalized spacial score (nSPS) is 9.85. The van der Waals surface area contributed by atoms with E-state index < -0.39 is 10.0 Å². The van der Waals surface area contributed by atoms with Crippen LogP contribution >= 0.6 is 0 Å². The van der Waals surface area contributed by atoms with Crippen molar-refractivity contribution in [3.05, 3.63) is 47.7 Å². The Balaban J connectivity index is 2.20. The third-order valence-corrected chi connectivity index (χ3v) is 4.48. The molecule has 27 heavy (non-hydrogen) atoms. The molecule has 0 aliphatic carbocycles. The molecule has 0 unspecified atom stereocenters. The second kappa shape index (κ2) is 8.30. The van der Waals surface area contributed by atoms with Gasteiger partial charge in [-0.05, 0) is 30.3 Å². The lowest BCUT2D eigenvalue weighted by Gasteiger charge is -2.09. The van der Waals surface area contributed by atoms with Gasteiger partial charge in [0.25, 0.3) is 10.0 Å². The molecule has 0 atom stereocenters. The van der Waals surface area contributed by atoms with Gasteiger partial charge in [-0.15, -0.1) is 10.2 Å². The van der Waals surface area contributed by atoms with Gasteiger partial charge in [0, 0.05) is 11.8 Å². The molecule has 0 bridgehead atoms. The SMILES string of the molecule is COc1ccc(NS(=O)(=O)c2ccc(NC(C#N)=C(C#N)C#N)cc2)nn1. The summed E-state index contributed by atoms with van der Waals surface area (Å²) in [6, 6.07) is 13.1. The summed E-state index contributed by atoms with van der Waals surface area (Å²) in [6.07, 6.45) is 0. The summed E-state index contributed by atoms with van der Waals surface area (Å²) in [4.78, 5) is -0.0612. The Kier molecular flexibility index (Phi) is 5.90. The predicted molar refractivity (Wildman–Crippen MR) is 93.3 cm³/mol. The average molecular weight is 381 g/mol. The zero-order chi connectivity index (χ0) is 19.9. The first kappa shape index (κ1) is 19.2. The highest BCUT2D eigenvalue weighted by Gasteiger charge is 2.15. The Labute approximate surface area is 155 Å². The van der Waals surface area contributed by atoms with E-state index in [1.807, 2.05) is 0 Å². The van der Waals surface area contributed by atoms with Gasteiger partial charge < -0.3 is 10.1 Å². The number of methoxy groups -OCH3 is 1. The van der Waals surface area contributed by atoms with Crippen molar-refractivity contribution in [1.82, 2.24) is 10.2 Å². The summed E-state index contributed by atoms with van der Waals surface area (Å²) in [5, 5.41) is 36.6. The number of sulfonamides is 1. The van der Waals surface area contributed by atoms with Crippen LogP contribution in [0.1, 0.15) is 0 Å². The predicted octanol–water partition coefficient (Wildman–Crippen LogP) is 1.52. The lowest BCUT2D eigenvalue weighted by molar-refractivity contribution is 0.392. The number of nitrogens with one attached hydrogen (secondary N) is 2. The highest BCUT2D eigenvalue weighted by atomic mass is 32.2. The van der Waals surface area contributed by atoms with E-state index in [-0.39, 0.29) is 27.9 Å². The number of benzene rings is 1. The molecule has 0 aliphatic heterocycles. The van der Waals surface area contributed by atoms with Crippen molar-refractivity contribution in [1.29, 1.82) is 15.8 Å². The third-order valence-electron chi connectivity index (χ3n) is 3.11. The summed E-state index contributed by atoms with van der Waals surface area (Å²) in [6.45, 7) is 0. The zero-order valence-corrected chi connectivity index (χ0v) is 14.6. The number of aromatic nitrogens is 2. The molecular weight excluding hydrogens is 370 g/mol. The molecule has 0 fully saturated rings. The molecule has 1 heterocycles. The number of nitriles is 3. The standard InChI is InChI=1S/C16H11N7O3S/c1-26-16-7-6-15(21-22-16)23-27(24,25)13-4-2-12(3-5-13)20-14(10-19)11(8-17)9-18/h2-7,20H,1H3,(H,21,23). The van der Waals surface area contributed by atoms with Gasteiger partial charge in [0.1, 0.15) is 23.9 Å². The van der Waals surface area contributed by atoms with Crippen molar-refractivity contribution in [3.8, 4) is 24.1 Å². The highest BCUT2D eigenvalue weighted by Crippen LogP contribution is 2.19. The number of hydrogen-bond acceptors (Lipinski definition) is 9. The van der Waals surface area contributed by atoms with Crippen LogP contribution in [0.25, 0.3) is 0 Å². The summed E-state index contributed by atoms with van der Waals surface area (Å²) in [7, 11) is -2.50. The molecule has 10 nitrogen and oxygen atoms in total. The fourth-order valence-electron chi connectivity index (χ4n) is 1.82. The van der Waals surface area contributed by atoms with Crippen LogP contribution in [0.15, 0.2) is 52.6 Å². The van der Waals surface area contributed by atoms with Crippen LogP contribution in [-0.4, -0.2) is 25.7 Å². The van der Waals surface area contributed by atoms with E-state index >= 15 is 0 Å². The Morgan fingerprint density at radius 1 is 1.00 bits per heavy atom. The van der Waals surface area contributed by atoms with Crippen molar-refractivity contribution in [2.45, 2.75) is 4.90 Å². The Morgan fingerprint density at radius 2 is 1.67 bits per heavy atom. The summed E-state index contributed by atoms with van der Waals surface area (Å²) < 4.78 is 31.9. The van der Waals surface area contributed by atoms with E-state index in [9.17, 15) is 8.42 Å². The van der Waals surface area contributed by atoms with Crippen LogP contribution in [0.3, 0.4) is 0 Å². The number of nitrogens with zero attached hydrogens (tertiary/aromatic N) is 5. The maximum atomic E-state index is 12.4. The Hall–Kier alpha value is -4.14. The van der Waals surface area contributed by atoms with E-state index in [1.54, 1.807) is 18.2 Å². The van der Waals surface area contributed by atoms with E-state index in [0.29, 0.717) is 5.69 Å². The molecular formula is C16H11N7O3S. The largest absolute Gasteiger partial charge is 0.480 e. The van der Waals surface area contributed by atoms with Crippen LogP contribution in [-0.2, 0) is 10.0 Å². The molecule has 0 aliphatic rings. The zero-order valence-electron chi connectivity index (χ0n) is 13.8. The fraction of sp³-hybridized carbons (Fsp3) is 0.0625. The van der Waals surface area contributed by atoms with E-state index in [2.05, 4.69) is 20.2 Å². The molecule has 2 N–H and O–H groups in total. The minimum atomic E-state index is -3.91. The van der Waals surface area contributed by atoms with Gasteiger partial charge in [-0.3, -0.25) is 4.72 Å². The minimum absolute atomic E-state index is 0.0142. The number of allylic oxidation sites excluding steroid dienone is 2. The van der Waals surface area contributed by atoms with Gasteiger partial charge >= 0.3 is 0 Å². The van der Waals surface area contributed by atoms with Crippen molar-refractivity contribution >= 4 is 21.5 Å². The first-order chi connectivity index (χ1) is 12.9.